The van der Waals surface area contributed by atoms with Crippen LogP contribution in [0.15, 0.2) is 24.8 Å². The predicted octanol–water partition coefficient (Wildman–Crippen LogP) is 0.553. The zero-order valence-corrected chi connectivity index (χ0v) is 6.37. The maximum atomic E-state index is 7.67. The molecule has 0 radical (unpaired) electrons. The van der Waals surface area contributed by atoms with Crippen LogP contribution >= 0.6 is 0 Å². The van der Waals surface area contributed by atoms with Crippen molar-refractivity contribution in [1.29, 1.82) is 0 Å². The van der Waals surface area contributed by atoms with Crippen LogP contribution in [0, 0.1) is 6.85 Å². The molecule has 0 unspecified atom stereocenters. The molecule has 0 aliphatic carbocycles. The highest BCUT2D eigenvalue weighted by molar-refractivity contribution is 5.29. The van der Waals surface area contributed by atoms with E-state index in [0.29, 0.717) is 0 Å². The van der Waals surface area contributed by atoms with Gasteiger partial charge in [0.05, 0.1) is 28.3 Å². The minimum Gasteiger partial charge on any atom is -0.382 e. The number of hydrogen-bond acceptors (Lipinski definition) is 4. The van der Waals surface area contributed by atoms with Crippen LogP contribution in [0.1, 0.15) is 15.3 Å². The van der Waals surface area contributed by atoms with Gasteiger partial charge in [-0.25, -0.2) is 9.97 Å². The van der Waals surface area contributed by atoms with Crippen LogP contribution < -0.4 is 5.73 Å². The summed E-state index contributed by atoms with van der Waals surface area (Å²) in [6.07, 6.45) is -2.05. The summed E-state index contributed by atoms with van der Waals surface area (Å²) in [7, 11) is 0. The van der Waals surface area contributed by atoms with E-state index in [2.05, 4.69) is 15.0 Å². The normalized spacial score (nSPS) is 18.9. The average Bonchev–Trinajstić information content (AvgIpc) is 2.55. The van der Waals surface area contributed by atoms with Gasteiger partial charge in [-0.2, -0.15) is 0 Å². The number of aryl methyl sites for hydroxylation is 1. The van der Waals surface area contributed by atoms with Crippen LogP contribution in [0.5, 0.6) is 0 Å². The Hall–Kier alpha value is -1.91. The van der Waals surface area contributed by atoms with Gasteiger partial charge in [-0.15, -0.1) is 0 Å². The second-order valence-corrected chi connectivity index (χ2v) is 2.16. The molecule has 5 nitrogen and oxygen atoms in total. The third-order valence-corrected chi connectivity index (χ3v) is 1.24. The van der Waals surface area contributed by atoms with E-state index in [1.165, 1.54) is 0 Å². The van der Waals surface area contributed by atoms with Crippen molar-refractivity contribution in [2.75, 3.05) is 5.73 Å². The Morgan fingerprint density at radius 1 is 1.46 bits per heavy atom. The molecule has 0 aromatic carbocycles. The van der Waals surface area contributed by atoms with Crippen LogP contribution in [-0.4, -0.2) is 19.5 Å². The number of nitrogen functional groups attached to an aromatic ring is 1. The van der Waals surface area contributed by atoms with E-state index in [-0.39, 0.29) is 17.8 Å². The lowest BCUT2D eigenvalue weighted by atomic mass is 10.5. The van der Waals surface area contributed by atoms with Crippen LogP contribution in [0.25, 0.3) is 5.82 Å². The molecule has 0 amide bonds. The Morgan fingerprint density at radius 3 is 3.08 bits per heavy atom. The van der Waals surface area contributed by atoms with E-state index < -0.39 is 31.2 Å². The van der Waals surface area contributed by atoms with Gasteiger partial charge in [0.1, 0.15) is 13.5 Å². The first-order chi connectivity index (χ1) is 9.12. The highest BCUT2D eigenvalue weighted by Gasteiger charge is 1.98. The Labute approximate surface area is 85.1 Å². The molecule has 2 rings (SSSR count). The lowest BCUT2D eigenvalue weighted by molar-refractivity contribution is 0.956. The molecule has 2 aromatic heterocycles. The fourth-order valence-corrected chi connectivity index (χ4v) is 0.731. The molecule has 0 bridgehead atoms. The minimum absolute atomic E-state index is 0.234. The largest absolute Gasteiger partial charge is 0.382 e. The van der Waals surface area contributed by atoms with Gasteiger partial charge < -0.3 is 5.73 Å². The molecule has 2 heterocycles. The number of hydrogen-bond donors (Lipinski definition) is 1. The number of aromatic nitrogens is 4. The van der Waals surface area contributed by atoms with Gasteiger partial charge in [0.25, 0.3) is 0 Å². The second kappa shape index (κ2) is 2.85. The molecular weight excluding hydrogens is 166 g/mol. The Balaban J connectivity index is 2.69. The topological polar surface area (TPSA) is 69.6 Å². The first kappa shape index (κ1) is 3.10. The zero-order valence-electron chi connectivity index (χ0n) is 13.4. The van der Waals surface area contributed by atoms with Gasteiger partial charge in [0.2, 0.25) is 0 Å². The predicted molar refractivity (Wildman–Crippen MR) is 48.3 cm³/mol. The first-order valence-electron chi connectivity index (χ1n) is 6.80. The van der Waals surface area contributed by atoms with Crippen molar-refractivity contribution in [2.24, 2.45) is 0 Å². The van der Waals surface area contributed by atoms with Crippen molar-refractivity contribution in [3.05, 3.63) is 30.5 Å². The van der Waals surface area contributed by atoms with Crippen LogP contribution in [0.3, 0.4) is 0 Å². The SMILES string of the molecule is [2H]c1nc(C([2H])([2H])[2H])c([2H])nc1-n1c([2H])nc(N)c1[2H]. The van der Waals surface area contributed by atoms with E-state index in [0.717, 1.165) is 4.57 Å². The molecule has 0 aliphatic heterocycles. The maximum Gasteiger partial charge on any atom is 0.156 e. The lowest BCUT2D eigenvalue weighted by Gasteiger charge is -1.98. The van der Waals surface area contributed by atoms with Gasteiger partial charge in [-0.1, -0.05) is 0 Å². The zero-order chi connectivity index (χ0) is 15.2. The van der Waals surface area contributed by atoms with Gasteiger partial charge in [0, 0.05) is 4.11 Å². The fourth-order valence-electron chi connectivity index (χ4n) is 0.731. The smallest absolute Gasteiger partial charge is 0.156 e. The van der Waals surface area contributed by atoms with E-state index in [9.17, 15) is 0 Å². The standard InChI is InChI=1S/C8H9N5/c1-6-2-11-8(3-10-6)13-4-7(9)12-5-13/h2-5H,9H2,1H3/i1D3,2D,3D,4D,5D. The fraction of sp³-hybridized carbons (Fsp3) is 0.125. The van der Waals surface area contributed by atoms with Crippen LogP contribution in [-0.2, 0) is 0 Å². The number of nitrogens with two attached hydrogens (primary N) is 1. The quantitative estimate of drug-likeness (QED) is 0.699. The monoisotopic (exact) mass is 182 g/mol. The van der Waals surface area contributed by atoms with Gasteiger partial charge in [-0.05, 0) is 6.85 Å². The minimum atomic E-state index is -2.67. The van der Waals surface area contributed by atoms with Gasteiger partial charge in [-0.3, -0.25) is 9.55 Å². The number of rotatable bonds is 1. The van der Waals surface area contributed by atoms with Crippen molar-refractivity contribution < 1.29 is 9.60 Å². The van der Waals surface area contributed by atoms with Crippen molar-refractivity contribution in [2.45, 2.75) is 6.85 Å². The van der Waals surface area contributed by atoms with E-state index in [4.69, 9.17) is 15.3 Å². The van der Waals surface area contributed by atoms with Crippen LogP contribution in [0.4, 0.5) is 5.82 Å². The van der Waals surface area contributed by atoms with Crippen molar-refractivity contribution >= 4 is 5.82 Å². The molecule has 0 spiro atoms. The van der Waals surface area contributed by atoms with E-state index >= 15 is 0 Å². The molecule has 13 heavy (non-hydrogen) atoms. The summed E-state index contributed by atoms with van der Waals surface area (Å²) < 4.78 is 52.8. The summed E-state index contributed by atoms with van der Waals surface area (Å²) in [5.74, 6) is -0.565. The molecule has 0 saturated carbocycles. The number of anilines is 1. The molecule has 5 heteroatoms. The summed E-state index contributed by atoms with van der Waals surface area (Å²) in [5, 5.41) is 0. The maximum absolute atomic E-state index is 7.67. The molecule has 0 atom stereocenters. The van der Waals surface area contributed by atoms with Crippen molar-refractivity contribution in [1.82, 2.24) is 19.5 Å². The van der Waals surface area contributed by atoms with Gasteiger partial charge >= 0.3 is 0 Å². The van der Waals surface area contributed by atoms with Crippen molar-refractivity contribution in [3.8, 4) is 5.82 Å². The number of imidazole rings is 1. The molecule has 0 saturated heterocycles. The van der Waals surface area contributed by atoms with Gasteiger partial charge in [0.15, 0.2) is 5.82 Å². The highest BCUT2D eigenvalue weighted by Crippen LogP contribution is 2.04. The van der Waals surface area contributed by atoms with Crippen molar-refractivity contribution in [3.63, 3.8) is 0 Å². The molecule has 0 aliphatic rings. The Bertz CT molecular complexity index is 677. The summed E-state index contributed by atoms with van der Waals surface area (Å²) in [6, 6.07) is 0. The highest BCUT2D eigenvalue weighted by atomic mass is 15.1. The molecule has 66 valence electrons. The number of nitrogens with zero attached hydrogens (tertiary/aromatic N) is 4. The molecule has 2 aromatic rings. The summed E-state index contributed by atoms with van der Waals surface area (Å²) in [4.78, 5) is 10.7. The lowest BCUT2D eigenvalue weighted by Crippen LogP contribution is -1.95. The first-order valence-corrected chi connectivity index (χ1v) is 3.30. The molecule has 0 fully saturated rings. The second-order valence-electron chi connectivity index (χ2n) is 2.16. The average molecular weight is 182 g/mol. The van der Waals surface area contributed by atoms with E-state index in [1.54, 1.807) is 0 Å². The molecular formula is C8H9N5. The summed E-state index contributed by atoms with van der Waals surface area (Å²) >= 11 is 0. The van der Waals surface area contributed by atoms with E-state index in [1.807, 2.05) is 0 Å². The third kappa shape index (κ3) is 1.48. The summed E-state index contributed by atoms with van der Waals surface area (Å²) in [6.45, 7) is -2.67. The molecule has 2 N–H and O–H groups in total. The summed E-state index contributed by atoms with van der Waals surface area (Å²) in [5.41, 5.74) is 4.77. The van der Waals surface area contributed by atoms with Crippen LogP contribution in [0.2, 0.25) is 0 Å². The Kier molecular flexibility index (Phi) is 0.680. The third-order valence-electron chi connectivity index (χ3n) is 1.24. The Morgan fingerprint density at radius 2 is 2.38 bits per heavy atom.